The third-order valence-electron chi connectivity index (χ3n) is 3.47. The van der Waals surface area contributed by atoms with Crippen molar-refractivity contribution in [2.24, 2.45) is 5.92 Å². The van der Waals surface area contributed by atoms with E-state index >= 15 is 0 Å². The molecule has 1 aliphatic carbocycles. The van der Waals surface area contributed by atoms with Gasteiger partial charge in [-0.1, -0.05) is 24.3 Å². The van der Waals surface area contributed by atoms with E-state index in [1.54, 1.807) is 0 Å². The fraction of sp³-hybridized carbons (Fsp3) is 0.500. The van der Waals surface area contributed by atoms with Crippen LogP contribution in [0, 0.1) is 5.92 Å². The summed E-state index contributed by atoms with van der Waals surface area (Å²) in [5.74, 6) is 0.422. The summed E-state index contributed by atoms with van der Waals surface area (Å²) in [4.78, 5) is 14.1. The van der Waals surface area contributed by atoms with E-state index in [2.05, 4.69) is 29.6 Å². The van der Waals surface area contributed by atoms with Crippen LogP contribution in [0.3, 0.4) is 0 Å². The molecule has 3 heteroatoms. The summed E-state index contributed by atoms with van der Waals surface area (Å²) in [6, 6.07) is 8.37. The van der Waals surface area contributed by atoms with Crippen molar-refractivity contribution in [3.05, 3.63) is 35.4 Å². The van der Waals surface area contributed by atoms with Crippen LogP contribution in [0.2, 0.25) is 0 Å². The van der Waals surface area contributed by atoms with Crippen molar-refractivity contribution in [1.82, 2.24) is 10.2 Å². The highest BCUT2D eigenvalue weighted by molar-refractivity contribution is 5.80. The minimum absolute atomic E-state index is 0.147. The molecule has 0 aromatic heterocycles. The maximum absolute atomic E-state index is 12.2. The van der Waals surface area contributed by atoms with Crippen LogP contribution >= 0.6 is 0 Å². The standard InChI is InChI=1S/C14H20N2O/c1-15-7-8-16(2)14(17)13-9-11-5-3-4-6-12(11)10-13/h3-6,13,15H,7-10H2,1-2H3. The molecule has 1 aliphatic rings. The van der Waals surface area contributed by atoms with E-state index in [0.29, 0.717) is 0 Å². The molecule has 0 unspecified atom stereocenters. The van der Waals surface area contributed by atoms with Crippen LogP contribution in [0.25, 0.3) is 0 Å². The number of fused-ring (bicyclic) bond motifs is 1. The molecule has 0 saturated carbocycles. The van der Waals surface area contributed by atoms with Crippen LogP contribution in [-0.4, -0.2) is 38.0 Å². The summed E-state index contributed by atoms with van der Waals surface area (Å²) in [6.07, 6.45) is 1.80. The first kappa shape index (κ1) is 12.1. The maximum Gasteiger partial charge on any atom is 0.226 e. The Morgan fingerprint density at radius 2 is 1.94 bits per heavy atom. The summed E-state index contributed by atoms with van der Waals surface area (Å²) < 4.78 is 0. The molecular formula is C14H20N2O. The van der Waals surface area contributed by atoms with Gasteiger partial charge in [0.05, 0.1) is 0 Å². The first-order chi connectivity index (χ1) is 8.22. The largest absolute Gasteiger partial charge is 0.344 e. The van der Waals surface area contributed by atoms with Crippen molar-refractivity contribution in [2.45, 2.75) is 12.8 Å². The van der Waals surface area contributed by atoms with E-state index in [4.69, 9.17) is 0 Å². The smallest absolute Gasteiger partial charge is 0.226 e. The molecule has 0 bridgehead atoms. The highest BCUT2D eigenvalue weighted by Gasteiger charge is 2.28. The molecule has 2 rings (SSSR count). The second-order valence-corrected chi connectivity index (χ2v) is 4.74. The summed E-state index contributed by atoms with van der Waals surface area (Å²) in [7, 11) is 3.80. The van der Waals surface area contributed by atoms with Crippen molar-refractivity contribution in [1.29, 1.82) is 0 Å². The average Bonchev–Trinajstić information content (AvgIpc) is 2.78. The third kappa shape index (κ3) is 2.67. The Hall–Kier alpha value is -1.35. The fourth-order valence-electron chi connectivity index (χ4n) is 2.43. The number of hydrogen-bond donors (Lipinski definition) is 1. The molecule has 92 valence electrons. The van der Waals surface area contributed by atoms with Crippen LogP contribution < -0.4 is 5.32 Å². The number of hydrogen-bond acceptors (Lipinski definition) is 2. The number of nitrogens with one attached hydrogen (secondary N) is 1. The first-order valence-corrected chi connectivity index (χ1v) is 6.18. The Bertz CT molecular complexity index is 378. The lowest BCUT2D eigenvalue weighted by Crippen LogP contribution is -2.37. The Morgan fingerprint density at radius 1 is 1.35 bits per heavy atom. The zero-order valence-electron chi connectivity index (χ0n) is 10.6. The molecule has 0 radical (unpaired) electrons. The Morgan fingerprint density at radius 3 is 2.47 bits per heavy atom. The summed E-state index contributed by atoms with van der Waals surface area (Å²) >= 11 is 0. The lowest BCUT2D eigenvalue weighted by Gasteiger charge is -2.20. The van der Waals surface area contributed by atoms with Crippen molar-refractivity contribution < 1.29 is 4.79 Å². The quantitative estimate of drug-likeness (QED) is 0.842. The molecule has 0 aliphatic heterocycles. The summed E-state index contributed by atoms with van der Waals surface area (Å²) in [6.45, 7) is 1.63. The van der Waals surface area contributed by atoms with Gasteiger partial charge in [-0.25, -0.2) is 0 Å². The second-order valence-electron chi connectivity index (χ2n) is 4.74. The predicted molar refractivity (Wildman–Crippen MR) is 68.9 cm³/mol. The monoisotopic (exact) mass is 232 g/mol. The van der Waals surface area contributed by atoms with Crippen LogP contribution in [0.15, 0.2) is 24.3 Å². The first-order valence-electron chi connectivity index (χ1n) is 6.18. The van der Waals surface area contributed by atoms with E-state index in [1.165, 1.54) is 11.1 Å². The molecule has 0 atom stereocenters. The highest BCUT2D eigenvalue weighted by atomic mass is 16.2. The zero-order valence-corrected chi connectivity index (χ0v) is 10.6. The van der Waals surface area contributed by atoms with Gasteiger partial charge in [0.15, 0.2) is 0 Å². The normalized spacial score (nSPS) is 14.7. The molecular weight excluding hydrogens is 212 g/mol. The number of benzene rings is 1. The van der Waals surface area contributed by atoms with Gasteiger partial charge in [-0.2, -0.15) is 0 Å². The van der Waals surface area contributed by atoms with Gasteiger partial charge in [0.1, 0.15) is 0 Å². The summed E-state index contributed by atoms with van der Waals surface area (Å²) in [5, 5.41) is 3.07. The zero-order chi connectivity index (χ0) is 12.3. The van der Waals surface area contributed by atoms with E-state index in [0.717, 1.165) is 25.9 Å². The van der Waals surface area contributed by atoms with Gasteiger partial charge >= 0.3 is 0 Å². The molecule has 0 spiro atoms. The van der Waals surface area contributed by atoms with E-state index < -0.39 is 0 Å². The minimum atomic E-state index is 0.147. The van der Waals surface area contributed by atoms with E-state index in [1.807, 2.05) is 19.0 Å². The maximum atomic E-state index is 12.2. The number of carbonyl (C=O) groups excluding carboxylic acids is 1. The van der Waals surface area contributed by atoms with E-state index in [-0.39, 0.29) is 11.8 Å². The molecule has 1 N–H and O–H groups in total. The van der Waals surface area contributed by atoms with Crippen LogP contribution in [0.5, 0.6) is 0 Å². The van der Waals surface area contributed by atoms with Gasteiger partial charge in [0.2, 0.25) is 5.91 Å². The van der Waals surface area contributed by atoms with E-state index in [9.17, 15) is 4.79 Å². The molecule has 1 aromatic carbocycles. The number of likely N-dealkylation sites (N-methyl/N-ethyl adjacent to an activating group) is 2. The number of amides is 1. The molecule has 1 aromatic rings. The predicted octanol–water partition coefficient (Wildman–Crippen LogP) is 1.08. The van der Waals surface area contributed by atoms with Crippen LogP contribution in [-0.2, 0) is 17.6 Å². The number of carbonyl (C=O) groups is 1. The van der Waals surface area contributed by atoms with Gasteiger partial charge < -0.3 is 10.2 Å². The topological polar surface area (TPSA) is 32.3 Å². The number of nitrogens with zero attached hydrogens (tertiary/aromatic N) is 1. The Labute approximate surface area is 103 Å². The fourth-order valence-corrected chi connectivity index (χ4v) is 2.43. The van der Waals surface area contributed by atoms with Crippen molar-refractivity contribution in [3.63, 3.8) is 0 Å². The van der Waals surface area contributed by atoms with Crippen LogP contribution in [0.1, 0.15) is 11.1 Å². The molecule has 0 saturated heterocycles. The highest BCUT2D eigenvalue weighted by Crippen LogP contribution is 2.27. The third-order valence-corrected chi connectivity index (χ3v) is 3.47. The summed E-state index contributed by atoms with van der Waals surface area (Å²) in [5.41, 5.74) is 2.68. The van der Waals surface area contributed by atoms with Crippen molar-refractivity contribution >= 4 is 5.91 Å². The molecule has 0 heterocycles. The number of rotatable bonds is 4. The van der Waals surface area contributed by atoms with Gasteiger partial charge in [-0.05, 0) is 31.0 Å². The lowest BCUT2D eigenvalue weighted by molar-refractivity contribution is -0.133. The lowest BCUT2D eigenvalue weighted by atomic mass is 10.1. The molecule has 17 heavy (non-hydrogen) atoms. The molecule has 1 amide bonds. The minimum Gasteiger partial charge on any atom is -0.344 e. The van der Waals surface area contributed by atoms with Gasteiger partial charge in [-0.15, -0.1) is 0 Å². The molecule has 3 nitrogen and oxygen atoms in total. The molecule has 0 fully saturated rings. The second kappa shape index (κ2) is 5.32. The SMILES string of the molecule is CNCCN(C)C(=O)C1Cc2ccccc2C1. The van der Waals surface area contributed by atoms with Gasteiger partial charge in [0.25, 0.3) is 0 Å². The van der Waals surface area contributed by atoms with Crippen molar-refractivity contribution in [3.8, 4) is 0 Å². The Kier molecular flexibility index (Phi) is 3.79. The van der Waals surface area contributed by atoms with Crippen molar-refractivity contribution in [2.75, 3.05) is 27.2 Å². The van der Waals surface area contributed by atoms with Gasteiger partial charge in [-0.3, -0.25) is 4.79 Å². The Balaban J connectivity index is 1.96. The van der Waals surface area contributed by atoms with Gasteiger partial charge in [0, 0.05) is 26.1 Å². The average molecular weight is 232 g/mol. The van der Waals surface area contributed by atoms with Crippen LogP contribution in [0.4, 0.5) is 0 Å².